The molecule has 0 aliphatic heterocycles. The summed E-state index contributed by atoms with van der Waals surface area (Å²) >= 11 is 0. The summed E-state index contributed by atoms with van der Waals surface area (Å²) in [6.07, 6.45) is 1.05. The second kappa shape index (κ2) is 6.89. The van der Waals surface area contributed by atoms with Gasteiger partial charge in [0.15, 0.2) is 5.69 Å². The molecule has 0 saturated carbocycles. The van der Waals surface area contributed by atoms with E-state index in [9.17, 15) is 9.59 Å². The molecule has 5 nitrogen and oxygen atoms in total. The molecule has 0 spiro atoms. The van der Waals surface area contributed by atoms with Gasteiger partial charge in [-0.2, -0.15) is 5.10 Å². The van der Waals surface area contributed by atoms with Crippen molar-refractivity contribution in [3.05, 3.63) is 70.1 Å². The second-order valence-electron chi connectivity index (χ2n) is 6.09. The van der Waals surface area contributed by atoms with E-state index in [0.29, 0.717) is 22.4 Å². The standard InChI is InChI=1S/C20H20N2O3/c1-4-13(2)14-9-11-15(12-10-14)25-20(24)18-16-7-5-6-8-17(16)19(23)22(3)21-18/h5-13H,4H2,1-3H3/t13-/m0/s1. The fraction of sp³-hybridized carbons (Fsp3) is 0.250. The van der Waals surface area contributed by atoms with Crippen molar-refractivity contribution in [1.29, 1.82) is 0 Å². The molecule has 0 saturated heterocycles. The fourth-order valence-corrected chi connectivity index (χ4v) is 2.71. The van der Waals surface area contributed by atoms with E-state index < -0.39 is 5.97 Å². The number of aromatic nitrogens is 2. The number of nitrogens with zero attached hydrogens (tertiary/aromatic N) is 2. The Morgan fingerprint density at radius 3 is 2.40 bits per heavy atom. The number of fused-ring (bicyclic) bond motifs is 1. The predicted molar refractivity (Wildman–Crippen MR) is 97.1 cm³/mol. The van der Waals surface area contributed by atoms with Crippen LogP contribution < -0.4 is 10.3 Å². The average Bonchev–Trinajstić information content (AvgIpc) is 2.64. The van der Waals surface area contributed by atoms with Gasteiger partial charge in [0, 0.05) is 12.4 Å². The third-order valence-electron chi connectivity index (χ3n) is 4.42. The third-order valence-corrected chi connectivity index (χ3v) is 4.42. The lowest BCUT2D eigenvalue weighted by molar-refractivity contribution is 0.0728. The molecule has 2 aromatic carbocycles. The smallest absolute Gasteiger partial charge is 0.364 e. The predicted octanol–water partition coefficient (Wildman–Crippen LogP) is 3.67. The Balaban J connectivity index is 1.93. The normalized spacial score (nSPS) is 12.1. The van der Waals surface area contributed by atoms with Crippen LogP contribution in [0, 0.1) is 0 Å². The zero-order chi connectivity index (χ0) is 18.0. The van der Waals surface area contributed by atoms with Crippen LogP contribution in [0.2, 0.25) is 0 Å². The van der Waals surface area contributed by atoms with Crippen LogP contribution in [0.4, 0.5) is 0 Å². The Labute approximate surface area is 145 Å². The van der Waals surface area contributed by atoms with Gasteiger partial charge in [0.25, 0.3) is 5.56 Å². The topological polar surface area (TPSA) is 61.2 Å². The molecule has 1 aromatic heterocycles. The molecule has 128 valence electrons. The van der Waals surface area contributed by atoms with Crippen LogP contribution in [-0.4, -0.2) is 15.7 Å². The summed E-state index contributed by atoms with van der Waals surface area (Å²) in [6.45, 7) is 4.29. The molecule has 5 heteroatoms. The monoisotopic (exact) mass is 336 g/mol. The van der Waals surface area contributed by atoms with Crippen molar-refractivity contribution < 1.29 is 9.53 Å². The largest absolute Gasteiger partial charge is 0.422 e. The summed E-state index contributed by atoms with van der Waals surface area (Å²) < 4.78 is 6.61. The van der Waals surface area contributed by atoms with Gasteiger partial charge in [-0.1, -0.05) is 44.2 Å². The molecule has 0 fully saturated rings. The minimum absolute atomic E-state index is 0.128. The molecule has 0 bridgehead atoms. The molecule has 0 aliphatic rings. The first-order valence-corrected chi connectivity index (χ1v) is 8.29. The molecule has 0 amide bonds. The van der Waals surface area contributed by atoms with Crippen LogP contribution >= 0.6 is 0 Å². The van der Waals surface area contributed by atoms with Gasteiger partial charge in [-0.05, 0) is 36.1 Å². The maximum Gasteiger partial charge on any atom is 0.364 e. The van der Waals surface area contributed by atoms with Gasteiger partial charge >= 0.3 is 5.97 Å². The number of ether oxygens (including phenoxy) is 1. The highest BCUT2D eigenvalue weighted by Crippen LogP contribution is 2.22. The Bertz CT molecular complexity index is 974. The molecule has 0 aliphatic carbocycles. The van der Waals surface area contributed by atoms with Crippen LogP contribution in [0.5, 0.6) is 5.75 Å². The summed E-state index contributed by atoms with van der Waals surface area (Å²) in [7, 11) is 1.52. The lowest BCUT2D eigenvalue weighted by Crippen LogP contribution is -2.24. The number of aryl methyl sites for hydroxylation is 1. The van der Waals surface area contributed by atoms with Crippen molar-refractivity contribution in [2.24, 2.45) is 7.05 Å². The number of rotatable bonds is 4. The Morgan fingerprint density at radius 2 is 1.76 bits per heavy atom. The Hall–Kier alpha value is -2.95. The number of hydrogen-bond acceptors (Lipinski definition) is 4. The van der Waals surface area contributed by atoms with Crippen molar-refractivity contribution in [2.45, 2.75) is 26.2 Å². The second-order valence-corrected chi connectivity index (χ2v) is 6.09. The number of esters is 1. The molecule has 0 radical (unpaired) electrons. The highest BCUT2D eigenvalue weighted by Gasteiger charge is 2.17. The van der Waals surface area contributed by atoms with E-state index in [0.717, 1.165) is 11.1 Å². The third kappa shape index (κ3) is 3.31. The maximum absolute atomic E-state index is 12.6. The zero-order valence-corrected chi connectivity index (χ0v) is 14.5. The molecule has 3 aromatic rings. The first kappa shape index (κ1) is 16.9. The summed E-state index contributed by atoms with van der Waals surface area (Å²) in [5.74, 6) is 0.332. The maximum atomic E-state index is 12.6. The van der Waals surface area contributed by atoms with Gasteiger partial charge in [0.05, 0.1) is 5.39 Å². The van der Waals surface area contributed by atoms with E-state index in [1.54, 1.807) is 36.4 Å². The summed E-state index contributed by atoms with van der Waals surface area (Å²) in [5.41, 5.74) is 1.08. The van der Waals surface area contributed by atoms with E-state index in [1.165, 1.54) is 12.6 Å². The first-order valence-electron chi connectivity index (χ1n) is 8.29. The molecular formula is C20H20N2O3. The van der Waals surface area contributed by atoms with E-state index in [1.807, 2.05) is 12.1 Å². The van der Waals surface area contributed by atoms with Gasteiger partial charge in [-0.3, -0.25) is 4.79 Å². The minimum Gasteiger partial charge on any atom is -0.422 e. The van der Waals surface area contributed by atoms with E-state index in [2.05, 4.69) is 18.9 Å². The van der Waals surface area contributed by atoms with Gasteiger partial charge in [0.1, 0.15) is 5.75 Å². The van der Waals surface area contributed by atoms with Crippen molar-refractivity contribution >= 4 is 16.7 Å². The van der Waals surface area contributed by atoms with E-state index in [4.69, 9.17) is 4.74 Å². The van der Waals surface area contributed by atoms with E-state index in [-0.39, 0.29) is 11.3 Å². The van der Waals surface area contributed by atoms with Crippen molar-refractivity contribution in [3.8, 4) is 5.75 Å². The number of hydrogen-bond donors (Lipinski definition) is 0. The summed E-state index contributed by atoms with van der Waals surface area (Å²) in [6, 6.07) is 14.4. The Kier molecular flexibility index (Phi) is 4.65. The van der Waals surface area contributed by atoms with Crippen molar-refractivity contribution in [3.63, 3.8) is 0 Å². The number of benzene rings is 2. The molecule has 3 rings (SSSR count). The Morgan fingerprint density at radius 1 is 1.12 bits per heavy atom. The van der Waals surface area contributed by atoms with Gasteiger partial charge in [0.2, 0.25) is 0 Å². The van der Waals surface area contributed by atoms with Gasteiger partial charge < -0.3 is 4.74 Å². The van der Waals surface area contributed by atoms with Gasteiger partial charge in [-0.15, -0.1) is 0 Å². The fourth-order valence-electron chi connectivity index (χ4n) is 2.71. The van der Waals surface area contributed by atoms with Crippen LogP contribution in [0.1, 0.15) is 42.2 Å². The average molecular weight is 336 g/mol. The molecule has 0 N–H and O–H groups in total. The van der Waals surface area contributed by atoms with Crippen LogP contribution in [-0.2, 0) is 7.05 Å². The quantitative estimate of drug-likeness (QED) is 0.539. The first-order chi connectivity index (χ1) is 12.0. The minimum atomic E-state index is -0.580. The van der Waals surface area contributed by atoms with Crippen molar-refractivity contribution in [2.75, 3.05) is 0 Å². The molecule has 1 atom stereocenters. The number of carbonyl (C=O) groups excluding carboxylic acids is 1. The van der Waals surface area contributed by atoms with Crippen LogP contribution in [0.25, 0.3) is 10.8 Å². The zero-order valence-electron chi connectivity index (χ0n) is 14.5. The van der Waals surface area contributed by atoms with Crippen LogP contribution in [0.15, 0.2) is 53.3 Å². The summed E-state index contributed by atoms with van der Waals surface area (Å²) in [4.78, 5) is 24.7. The number of carbonyl (C=O) groups is 1. The molecule has 0 unspecified atom stereocenters. The van der Waals surface area contributed by atoms with Gasteiger partial charge in [-0.25, -0.2) is 9.48 Å². The molecule has 1 heterocycles. The lowest BCUT2D eigenvalue weighted by atomic mass is 9.99. The lowest BCUT2D eigenvalue weighted by Gasteiger charge is -2.11. The molecular weight excluding hydrogens is 316 g/mol. The SMILES string of the molecule is CC[C@H](C)c1ccc(OC(=O)c2nn(C)c(=O)c3ccccc23)cc1. The highest BCUT2D eigenvalue weighted by atomic mass is 16.5. The summed E-state index contributed by atoms with van der Waals surface area (Å²) in [5, 5.41) is 5.02. The van der Waals surface area contributed by atoms with E-state index >= 15 is 0 Å². The highest BCUT2D eigenvalue weighted by molar-refractivity contribution is 6.02. The van der Waals surface area contributed by atoms with Crippen molar-refractivity contribution in [1.82, 2.24) is 9.78 Å². The molecule has 25 heavy (non-hydrogen) atoms. The van der Waals surface area contributed by atoms with Crippen LogP contribution in [0.3, 0.4) is 0 Å².